The number of aliphatic hydroxyl groups excluding tert-OH is 26. The highest BCUT2D eigenvalue weighted by molar-refractivity contribution is 5.89. The number of carbonyl (C=O) groups is 3. The van der Waals surface area contributed by atoms with E-state index in [0.717, 1.165) is 0 Å². The second-order valence-electron chi connectivity index (χ2n) is 45.9. The smallest absolute Gasteiger partial charge is 0.336 e. The lowest BCUT2D eigenvalue weighted by Gasteiger charge is -2.72. The summed E-state index contributed by atoms with van der Waals surface area (Å²) in [5.41, 5.74) is -8.47. The molecule has 9 aliphatic heterocycles. The third-order valence-electron chi connectivity index (χ3n) is 35.7. The van der Waals surface area contributed by atoms with Crippen molar-refractivity contribution in [2.75, 3.05) is 46.2 Å². The number of hydrogen-bond acceptors (Lipinski definition) is 48. The molecule has 4 saturated carbocycles. The molecule has 0 aromatic rings. The van der Waals surface area contributed by atoms with Gasteiger partial charge in [-0.3, -0.25) is 4.79 Å². The van der Waals surface area contributed by atoms with Crippen LogP contribution in [0, 0.1) is 55.7 Å². The summed E-state index contributed by atoms with van der Waals surface area (Å²) in [6, 6.07) is 0. The van der Waals surface area contributed by atoms with Gasteiger partial charge in [-0.15, -0.1) is 13.2 Å². The van der Waals surface area contributed by atoms with Gasteiger partial charge in [-0.05, 0) is 145 Å². The molecule has 13 fully saturated rings. The molecule has 26 N–H and O–H groups in total. The van der Waals surface area contributed by atoms with E-state index in [4.69, 9.17) is 90.0 Å². The Morgan fingerprint density at radius 2 is 0.946 bits per heavy atom. The summed E-state index contributed by atoms with van der Waals surface area (Å²) in [6.07, 6.45) is -66.7. The van der Waals surface area contributed by atoms with E-state index >= 15 is 9.59 Å². The van der Waals surface area contributed by atoms with E-state index in [1.165, 1.54) is 32.9 Å². The predicted molar refractivity (Wildman–Crippen MR) is 502 cm³/mol. The molecule has 0 spiro atoms. The number of carbonyl (C=O) groups excluding carboxylic acids is 3. The van der Waals surface area contributed by atoms with Gasteiger partial charge in [0, 0.05) is 22.8 Å². The molecule has 0 aromatic heterocycles. The number of rotatable bonds is 34. The second kappa shape index (κ2) is 47.1. The Hall–Kier alpha value is -4.57. The SMILES string of the molecule is C=C[C@](C)(CC/C=C(\CO)C(=O)O[C@H]1C[C@]2(C(=O)O[C@@H]3O[C@H](CO)[C@@H](O)[C@H](O)[C@H]3O[C@@H]3O[C@@H](C)[C@H](O[C@@H]4O[C@@H](CO)[C@H](O)[C@H]4O)[C@@H](O[C@@H]4O[C@H](CO)[C@@H](O)[C@H](O)[C@H]4O)[C@H]3O)[C@H](O)C[C@]3(C)C(=CC[C@@H]4[C@@]5(C)CC[C@H](O[C@@H]6O[C@H](CO[C@@H]7OC[C@H](O)[C@H](O)[C@H]7O[C@@H]7OC[C@@H](O)[C@H](O)[C@H]7O)[C@@H](O)[C@H](O)[C@H]6O)C(C)(C)[C@@H]5CC[C@]43C)[C@@H]2CC1(C)C)O[C@@H]1O[C@H](C)[C@@H](OC(=O)/C(C)=C/CC[C@@](C)(C=C)[C@@H]2O[C@H](C)[C@@H](O)[C@H](O)[C@H]2O)[C@H](O)[C@H]1O. The van der Waals surface area contributed by atoms with Crippen LogP contribution in [0.15, 0.2) is 60.3 Å². The zero-order valence-corrected chi connectivity index (χ0v) is 86.1. The predicted octanol–water partition coefficient (Wildman–Crippen LogP) is -6.30. The number of esters is 3. The third-order valence-corrected chi connectivity index (χ3v) is 35.7. The Labute approximate surface area is 862 Å². The zero-order chi connectivity index (χ0) is 110. The van der Waals surface area contributed by atoms with E-state index in [1.807, 2.05) is 20.8 Å². The molecule has 14 aliphatic rings. The van der Waals surface area contributed by atoms with Gasteiger partial charge in [0.05, 0.1) is 94.0 Å². The molecule has 9 heterocycles. The lowest BCUT2D eigenvalue weighted by atomic mass is 9.33. The van der Waals surface area contributed by atoms with Gasteiger partial charge in [-0.2, -0.15) is 0 Å². The van der Waals surface area contributed by atoms with E-state index in [1.54, 1.807) is 46.8 Å². The van der Waals surface area contributed by atoms with Crippen LogP contribution in [0.25, 0.3) is 0 Å². The number of hydrogen-bond donors (Lipinski definition) is 26. The Balaban J connectivity index is 0.719. The van der Waals surface area contributed by atoms with E-state index in [-0.39, 0.29) is 61.5 Å². The van der Waals surface area contributed by atoms with Crippen molar-refractivity contribution in [3.8, 4) is 0 Å². The minimum absolute atomic E-state index is 0.0543. The van der Waals surface area contributed by atoms with Gasteiger partial charge in [0.15, 0.2) is 56.2 Å². The van der Waals surface area contributed by atoms with E-state index < -0.39 is 396 Å². The van der Waals surface area contributed by atoms with E-state index in [2.05, 4.69) is 33.1 Å². The first-order valence-corrected chi connectivity index (χ1v) is 51.6. The van der Waals surface area contributed by atoms with Crippen LogP contribution in [0.4, 0.5) is 0 Å². The van der Waals surface area contributed by atoms with Gasteiger partial charge in [0.1, 0.15) is 182 Å². The molecular weight excluding hydrogens is 1980 g/mol. The summed E-state index contributed by atoms with van der Waals surface area (Å²) in [6.45, 7) is 25.7. The van der Waals surface area contributed by atoms with Crippen LogP contribution in [-0.2, 0) is 104 Å². The average molecular weight is 2140 g/mol. The normalized spacial score (nSPS) is 49.4. The van der Waals surface area contributed by atoms with E-state index in [0.29, 0.717) is 37.7 Å². The van der Waals surface area contributed by atoms with Crippen molar-refractivity contribution < 1.29 is 237 Å². The molecule has 0 amide bonds. The fraction of sp³-hybridized carbons (Fsp3) is 0.871. The van der Waals surface area contributed by atoms with Crippen molar-refractivity contribution >= 4 is 17.9 Å². The van der Waals surface area contributed by atoms with Crippen LogP contribution in [0.1, 0.15) is 167 Å². The molecule has 0 unspecified atom stereocenters. The number of fused-ring (bicyclic) bond motifs is 7. The summed E-state index contributed by atoms with van der Waals surface area (Å²) in [4.78, 5) is 45.7. The zero-order valence-electron chi connectivity index (χ0n) is 86.1. The number of allylic oxidation sites excluding steroid dienone is 4. The molecule has 54 atom stereocenters. The molecule has 48 heteroatoms. The lowest BCUT2D eigenvalue weighted by Crippen LogP contribution is -2.70. The molecule has 5 aliphatic carbocycles. The summed E-state index contributed by atoms with van der Waals surface area (Å²) in [5.74, 6) is -4.68. The molecule has 0 bridgehead atoms. The number of ether oxygens (including phenoxy) is 19. The quantitative estimate of drug-likeness (QED) is 0.00937. The monoisotopic (exact) mass is 2140 g/mol. The third kappa shape index (κ3) is 22.8. The standard InChI is InChI=1S/C101H160O48/c1-16-96(11,82-70(121)65(116)58(109)41(4)134-82)26-18-20-40(3)83(128)143-77-42(5)136-90(75(126)69(77)120)149-97(12,17-2)27-19-21-44(33-102)84(129)141-57-32-101(93(130)148-92-81(68(119)62(113)50(35-104)139-92)147-89-76(127)79(145-88-74(125)66(117)61(112)49(34-103)137-88)78(43(6)135-89)144-87-72(123)63(114)51(36-105)138-87)46(30-94(57,7)8)45-22-23-54-98(13)28-25-56(95(9,10)53(98)24-29-99(54,14)100(45,15)31-55(101)108)142-86-73(124)67(118)64(115)52(140-86)39-133-91-80(60(111)48(107)38-132-91)146-85-71(122)59(110)47(106)37-131-85/h16-17,20-22,41-43,46-82,85-92,102-127H,1-2,18-19,23-39H2,3-15H3/b40-20+,44-21+/t41-,42-,43+,46+,47-,48+,49-,50-,51+,52-,53+,54-,55-,56+,57+,58-,59+,60+,61-,62-,63+,64-,65+,66+,67+,68+,69-,70-,71-,72-,73-,74-,75-,76-,77-,78+,79+,80-,81-,82-,85+,86+,87+,88+,89+,90+,91+,92+,96-,97-,98+,99-,100-,101-/m1/s1. The van der Waals surface area contributed by atoms with Crippen molar-refractivity contribution in [2.45, 2.75) is 449 Å². The van der Waals surface area contributed by atoms with Gasteiger partial charge in [-0.1, -0.05) is 91.3 Å². The maximum atomic E-state index is 16.9. The lowest BCUT2D eigenvalue weighted by molar-refractivity contribution is -0.390. The summed E-state index contributed by atoms with van der Waals surface area (Å²) in [5, 5.41) is 291. The van der Waals surface area contributed by atoms with Crippen LogP contribution in [-0.4, -0.2) is 479 Å². The van der Waals surface area contributed by atoms with Crippen LogP contribution < -0.4 is 0 Å². The first-order chi connectivity index (χ1) is 69.9. The van der Waals surface area contributed by atoms with Gasteiger partial charge < -0.3 is 223 Å². The Morgan fingerprint density at radius 1 is 0.443 bits per heavy atom. The Morgan fingerprint density at radius 3 is 1.56 bits per heavy atom. The fourth-order valence-corrected chi connectivity index (χ4v) is 25.8. The first-order valence-electron chi connectivity index (χ1n) is 51.6. The average Bonchev–Trinajstić information content (AvgIpc) is 0.713. The van der Waals surface area contributed by atoms with Gasteiger partial charge in [0.2, 0.25) is 6.29 Å². The summed E-state index contributed by atoms with van der Waals surface area (Å²) >= 11 is 0. The molecule has 9 saturated heterocycles. The maximum absolute atomic E-state index is 16.9. The van der Waals surface area contributed by atoms with Crippen molar-refractivity contribution in [1.29, 1.82) is 0 Å². The van der Waals surface area contributed by atoms with Crippen LogP contribution in [0.3, 0.4) is 0 Å². The highest BCUT2D eigenvalue weighted by Gasteiger charge is 2.75. The Kier molecular flexibility index (Phi) is 37.9. The minimum atomic E-state index is -2.30. The Bertz CT molecular complexity index is 4610. The molecule has 0 radical (unpaired) electrons. The van der Waals surface area contributed by atoms with E-state index in [9.17, 15) is 138 Å². The highest BCUT2D eigenvalue weighted by atomic mass is 16.8. The van der Waals surface area contributed by atoms with Crippen molar-refractivity contribution in [3.63, 3.8) is 0 Å². The van der Waals surface area contributed by atoms with Gasteiger partial charge >= 0.3 is 17.9 Å². The van der Waals surface area contributed by atoms with Gasteiger partial charge in [-0.25, -0.2) is 9.59 Å². The minimum Gasteiger partial charge on any atom is -0.458 e. The van der Waals surface area contributed by atoms with Crippen molar-refractivity contribution in [1.82, 2.24) is 0 Å². The molecule has 48 nitrogen and oxygen atoms in total. The number of aliphatic hydroxyl groups is 26. The van der Waals surface area contributed by atoms with Crippen LogP contribution in [0.5, 0.6) is 0 Å². The summed E-state index contributed by atoms with van der Waals surface area (Å²) < 4.78 is 116. The molecule has 852 valence electrons. The molecule has 0 aromatic carbocycles. The van der Waals surface area contributed by atoms with Crippen molar-refractivity contribution in [3.05, 3.63) is 60.3 Å². The first kappa shape index (κ1) is 120. The maximum Gasteiger partial charge on any atom is 0.336 e. The summed E-state index contributed by atoms with van der Waals surface area (Å²) in [7, 11) is 0. The van der Waals surface area contributed by atoms with Gasteiger partial charge in [0.25, 0.3) is 0 Å². The largest absolute Gasteiger partial charge is 0.458 e. The highest BCUT2D eigenvalue weighted by Crippen LogP contribution is 2.77. The van der Waals surface area contributed by atoms with Crippen LogP contribution in [0.2, 0.25) is 0 Å². The fourth-order valence-electron chi connectivity index (χ4n) is 25.8. The van der Waals surface area contributed by atoms with Crippen LogP contribution >= 0.6 is 0 Å². The second-order valence-corrected chi connectivity index (χ2v) is 45.9. The topological polar surface area (TPSA) is 753 Å². The van der Waals surface area contributed by atoms with Crippen molar-refractivity contribution in [2.24, 2.45) is 55.7 Å². The molecule has 14 rings (SSSR count). The molecular formula is C101H160O48. The molecule has 149 heavy (non-hydrogen) atoms.